The molecule has 4 heteroatoms. The van der Waals surface area contributed by atoms with Crippen LogP contribution in [0.5, 0.6) is 0 Å². The average Bonchev–Trinajstić information content (AvgIpc) is 2.36. The van der Waals surface area contributed by atoms with Gasteiger partial charge >= 0.3 is 0 Å². The minimum absolute atomic E-state index is 0.232. The zero-order chi connectivity index (χ0) is 12.7. The van der Waals surface area contributed by atoms with Crippen LogP contribution < -0.4 is 5.73 Å². The highest BCUT2D eigenvalue weighted by molar-refractivity contribution is 5.77. The quantitative estimate of drug-likeness (QED) is 0.752. The SMILES string of the molecule is CCC1CCCN(CC(=O)N(C)CCCN)C1. The third-order valence-electron chi connectivity index (χ3n) is 3.66. The van der Waals surface area contributed by atoms with Crippen LogP contribution >= 0.6 is 0 Å². The van der Waals surface area contributed by atoms with E-state index in [0.29, 0.717) is 13.1 Å². The zero-order valence-electron chi connectivity index (χ0n) is 11.3. The summed E-state index contributed by atoms with van der Waals surface area (Å²) in [5.74, 6) is 1.01. The Labute approximate surface area is 105 Å². The number of carbonyl (C=O) groups excluding carboxylic acids is 1. The van der Waals surface area contributed by atoms with Gasteiger partial charge in [0.15, 0.2) is 0 Å². The molecule has 1 unspecified atom stereocenters. The second-order valence-corrected chi connectivity index (χ2v) is 5.11. The van der Waals surface area contributed by atoms with E-state index in [1.165, 1.54) is 19.3 Å². The maximum Gasteiger partial charge on any atom is 0.236 e. The molecular weight excluding hydrogens is 214 g/mol. The predicted octanol–water partition coefficient (Wildman–Crippen LogP) is 0.916. The Morgan fingerprint density at radius 2 is 2.29 bits per heavy atom. The number of amides is 1. The predicted molar refractivity (Wildman–Crippen MR) is 70.8 cm³/mol. The summed E-state index contributed by atoms with van der Waals surface area (Å²) in [5.41, 5.74) is 5.45. The van der Waals surface area contributed by atoms with Crippen molar-refractivity contribution < 1.29 is 4.79 Å². The highest BCUT2D eigenvalue weighted by Gasteiger charge is 2.21. The van der Waals surface area contributed by atoms with E-state index >= 15 is 0 Å². The largest absolute Gasteiger partial charge is 0.345 e. The van der Waals surface area contributed by atoms with Crippen LogP contribution in [0.3, 0.4) is 0 Å². The third-order valence-corrected chi connectivity index (χ3v) is 3.66. The molecule has 2 N–H and O–H groups in total. The molecule has 0 aromatic rings. The lowest BCUT2D eigenvalue weighted by Crippen LogP contribution is -2.43. The third kappa shape index (κ3) is 5.04. The fraction of sp³-hybridized carbons (Fsp3) is 0.923. The van der Waals surface area contributed by atoms with Crippen LogP contribution in [0.2, 0.25) is 0 Å². The molecule has 1 saturated heterocycles. The van der Waals surface area contributed by atoms with Crippen LogP contribution in [0.25, 0.3) is 0 Å². The molecule has 0 radical (unpaired) electrons. The van der Waals surface area contributed by atoms with Gasteiger partial charge in [-0.15, -0.1) is 0 Å². The fourth-order valence-corrected chi connectivity index (χ4v) is 2.39. The molecule has 0 saturated carbocycles. The van der Waals surface area contributed by atoms with E-state index in [2.05, 4.69) is 11.8 Å². The summed E-state index contributed by atoms with van der Waals surface area (Å²) in [5, 5.41) is 0. The number of likely N-dealkylation sites (tertiary alicyclic amines) is 1. The van der Waals surface area contributed by atoms with Crippen molar-refractivity contribution in [1.29, 1.82) is 0 Å². The zero-order valence-corrected chi connectivity index (χ0v) is 11.3. The first-order valence-electron chi connectivity index (χ1n) is 6.83. The van der Waals surface area contributed by atoms with Crippen LogP contribution in [0.1, 0.15) is 32.6 Å². The topological polar surface area (TPSA) is 49.6 Å². The molecule has 0 bridgehead atoms. The first-order chi connectivity index (χ1) is 8.17. The summed E-state index contributed by atoms with van der Waals surface area (Å²) in [7, 11) is 1.87. The van der Waals surface area contributed by atoms with Gasteiger partial charge in [0.05, 0.1) is 6.54 Å². The summed E-state index contributed by atoms with van der Waals surface area (Å²) >= 11 is 0. The highest BCUT2D eigenvalue weighted by Crippen LogP contribution is 2.18. The Balaban J connectivity index is 2.29. The normalized spacial score (nSPS) is 21.5. The van der Waals surface area contributed by atoms with Gasteiger partial charge in [-0.1, -0.05) is 13.3 Å². The second kappa shape index (κ2) is 7.67. The smallest absolute Gasteiger partial charge is 0.236 e. The van der Waals surface area contributed by atoms with E-state index < -0.39 is 0 Å². The number of piperidine rings is 1. The molecule has 4 nitrogen and oxygen atoms in total. The molecule has 1 atom stereocenters. The first-order valence-corrected chi connectivity index (χ1v) is 6.83. The van der Waals surface area contributed by atoms with Gasteiger partial charge in [0, 0.05) is 20.1 Å². The number of nitrogens with two attached hydrogens (primary N) is 1. The Morgan fingerprint density at radius 1 is 1.53 bits per heavy atom. The number of nitrogens with zero attached hydrogens (tertiary/aromatic N) is 2. The monoisotopic (exact) mass is 241 g/mol. The van der Waals surface area contributed by atoms with Crippen molar-refractivity contribution in [2.45, 2.75) is 32.6 Å². The van der Waals surface area contributed by atoms with Crippen LogP contribution in [0, 0.1) is 5.92 Å². The van der Waals surface area contributed by atoms with E-state index in [9.17, 15) is 4.79 Å². The van der Waals surface area contributed by atoms with E-state index in [-0.39, 0.29) is 5.91 Å². The van der Waals surface area contributed by atoms with Gasteiger partial charge in [-0.05, 0) is 38.3 Å². The Morgan fingerprint density at radius 3 is 2.94 bits per heavy atom. The van der Waals surface area contributed by atoms with Crippen molar-refractivity contribution in [1.82, 2.24) is 9.80 Å². The summed E-state index contributed by atoms with van der Waals surface area (Å²) < 4.78 is 0. The van der Waals surface area contributed by atoms with Crippen LogP contribution in [-0.4, -0.2) is 55.5 Å². The fourth-order valence-electron chi connectivity index (χ4n) is 2.39. The maximum atomic E-state index is 12.0. The van der Waals surface area contributed by atoms with Crippen molar-refractivity contribution in [2.75, 3.05) is 39.8 Å². The Hall–Kier alpha value is -0.610. The molecule has 1 fully saturated rings. The maximum absolute atomic E-state index is 12.0. The summed E-state index contributed by atoms with van der Waals surface area (Å²) in [6.45, 7) is 6.42. The molecule has 1 aliphatic rings. The van der Waals surface area contributed by atoms with Gasteiger partial charge in [-0.3, -0.25) is 9.69 Å². The summed E-state index contributed by atoms with van der Waals surface area (Å²) in [6, 6.07) is 0. The molecule has 1 aliphatic heterocycles. The molecule has 1 heterocycles. The van der Waals surface area contributed by atoms with E-state index in [1.807, 2.05) is 11.9 Å². The highest BCUT2D eigenvalue weighted by atomic mass is 16.2. The Bertz CT molecular complexity index is 233. The lowest BCUT2D eigenvalue weighted by atomic mass is 9.96. The lowest BCUT2D eigenvalue weighted by molar-refractivity contribution is -0.131. The molecule has 100 valence electrons. The minimum Gasteiger partial charge on any atom is -0.345 e. The van der Waals surface area contributed by atoms with Crippen molar-refractivity contribution >= 4 is 5.91 Å². The van der Waals surface area contributed by atoms with Gasteiger partial charge in [0.1, 0.15) is 0 Å². The first kappa shape index (κ1) is 14.5. The van der Waals surface area contributed by atoms with Gasteiger partial charge < -0.3 is 10.6 Å². The minimum atomic E-state index is 0.232. The van der Waals surface area contributed by atoms with E-state index in [0.717, 1.165) is 32.0 Å². The number of hydrogen-bond acceptors (Lipinski definition) is 3. The van der Waals surface area contributed by atoms with Gasteiger partial charge in [-0.25, -0.2) is 0 Å². The van der Waals surface area contributed by atoms with Crippen LogP contribution in [-0.2, 0) is 4.79 Å². The van der Waals surface area contributed by atoms with Gasteiger partial charge in [-0.2, -0.15) is 0 Å². The molecule has 0 aliphatic carbocycles. The van der Waals surface area contributed by atoms with E-state index in [1.54, 1.807) is 0 Å². The van der Waals surface area contributed by atoms with Gasteiger partial charge in [0.25, 0.3) is 0 Å². The molecule has 0 aromatic heterocycles. The van der Waals surface area contributed by atoms with Crippen molar-refractivity contribution in [3.05, 3.63) is 0 Å². The lowest BCUT2D eigenvalue weighted by Gasteiger charge is -2.32. The molecule has 17 heavy (non-hydrogen) atoms. The van der Waals surface area contributed by atoms with Crippen molar-refractivity contribution in [3.63, 3.8) is 0 Å². The van der Waals surface area contributed by atoms with E-state index in [4.69, 9.17) is 5.73 Å². The average molecular weight is 241 g/mol. The molecule has 1 amide bonds. The van der Waals surface area contributed by atoms with Crippen LogP contribution in [0.4, 0.5) is 0 Å². The summed E-state index contributed by atoms with van der Waals surface area (Å²) in [4.78, 5) is 16.1. The van der Waals surface area contributed by atoms with Crippen molar-refractivity contribution in [2.24, 2.45) is 11.7 Å². The molecule has 0 aromatic carbocycles. The molecule has 0 spiro atoms. The molecular formula is C13H27N3O. The summed E-state index contributed by atoms with van der Waals surface area (Å²) in [6.07, 6.45) is 4.68. The van der Waals surface area contributed by atoms with Crippen LogP contribution in [0.15, 0.2) is 0 Å². The number of hydrogen-bond donors (Lipinski definition) is 1. The number of likely N-dealkylation sites (N-methyl/N-ethyl adjacent to an activating group) is 1. The number of rotatable bonds is 6. The molecule has 1 rings (SSSR count). The number of carbonyl (C=O) groups is 1. The second-order valence-electron chi connectivity index (χ2n) is 5.11. The van der Waals surface area contributed by atoms with Crippen molar-refractivity contribution in [3.8, 4) is 0 Å². The Kier molecular flexibility index (Phi) is 6.52. The van der Waals surface area contributed by atoms with Gasteiger partial charge in [0.2, 0.25) is 5.91 Å². The standard InChI is InChI=1S/C13H27N3O/c1-3-12-6-4-9-16(10-12)11-13(17)15(2)8-5-7-14/h12H,3-11,14H2,1-2H3.